The summed E-state index contributed by atoms with van der Waals surface area (Å²) in [5.41, 5.74) is 0. The molecule has 0 N–H and O–H groups in total. The van der Waals surface area contributed by atoms with Crippen molar-refractivity contribution in [2.24, 2.45) is 0 Å². The third-order valence-electron chi connectivity index (χ3n) is 3.14. The van der Waals surface area contributed by atoms with Gasteiger partial charge in [0.05, 0.1) is 0 Å². The Morgan fingerprint density at radius 3 is 2.84 bits per heavy atom. The summed E-state index contributed by atoms with van der Waals surface area (Å²) in [6, 6.07) is 6.45. The van der Waals surface area contributed by atoms with Crippen molar-refractivity contribution in [3.8, 4) is 0 Å². The first-order chi connectivity index (χ1) is 9.10. The van der Waals surface area contributed by atoms with Crippen LogP contribution in [-0.4, -0.2) is 23.1 Å². The van der Waals surface area contributed by atoms with Gasteiger partial charge < -0.3 is 4.90 Å². The molecule has 0 bridgehead atoms. The van der Waals surface area contributed by atoms with E-state index in [1.54, 1.807) is 11.3 Å². The summed E-state index contributed by atoms with van der Waals surface area (Å²) >= 11 is 7.83. The van der Waals surface area contributed by atoms with E-state index in [1.807, 2.05) is 13.0 Å². The van der Waals surface area contributed by atoms with E-state index < -0.39 is 0 Å². The zero-order valence-electron chi connectivity index (χ0n) is 11.4. The van der Waals surface area contributed by atoms with Gasteiger partial charge in [-0.05, 0) is 18.4 Å². The Morgan fingerprint density at radius 1 is 1.42 bits per heavy atom. The van der Waals surface area contributed by atoms with Crippen molar-refractivity contribution >= 4 is 28.8 Å². The summed E-state index contributed by atoms with van der Waals surface area (Å²) < 4.78 is 0. The van der Waals surface area contributed by atoms with Crippen molar-refractivity contribution in [3.63, 3.8) is 0 Å². The highest BCUT2D eigenvalue weighted by atomic mass is 35.5. The van der Waals surface area contributed by atoms with E-state index in [2.05, 4.69) is 46.4 Å². The van der Waals surface area contributed by atoms with Crippen molar-refractivity contribution in [1.29, 1.82) is 0 Å². The number of hydrogen-bond acceptors (Lipinski definition) is 4. The topological polar surface area (TPSA) is 29.0 Å². The number of anilines is 1. The number of nitrogens with zero attached hydrogens (tertiary/aromatic N) is 3. The van der Waals surface area contributed by atoms with Gasteiger partial charge in [-0.1, -0.05) is 24.6 Å². The molecule has 2 heterocycles. The first-order valence-electron chi connectivity index (χ1n) is 6.38. The third kappa shape index (κ3) is 3.67. The fraction of sp³-hybridized carbons (Fsp3) is 0.429. The highest BCUT2D eigenvalue weighted by molar-refractivity contribution is 7.09. The predicted molar refractivity (Wildman–Crippen MR) is 82.3 cm³/mol. The van der Waals surface area contributed by atoms with Gasteiger partial charge >= 0.3 is 0 Å². The standard InChI is InChI=1S/C14H18ClN3S/c1-4-13-16-12(15)9-14(17-13)18(3)10(2)8-11-6-5-7-19-11/h5-7,9-10H,4,8H2,1-3H3. The Kier molecular flexibility index (Phi) is 4.77. The van der Waals surface area contributed by atoms with Gasteiger partial charge in [0.1, 0.15) is 16.8 Å². The molecule has 0 aromatic carbocycles. The Balaban J connectivity index is 2.14. The number of hydrogen-bond donors (Lipinski definition) is 0. The van der Waals surface area contributed by atoms with Crippen LogP contribution in [0.25, 0.3) is 0 Å². The van der Waals surface area contributed by atoms with Gasteiger partial charge in [-0.15, -0.1) is 11.3 Å². The van der Waals surface area contributed by atoms with Crippen LogP contribution < -0.4 is 4.90 Å². The molecule has 2 rings (SSSR count). The number of halogens is 1. The second-order valence-electron chi connectivity index (χ2n) is 4.56. The second-order valence-corrected chi connectivity index (χ2v) is 5.98. The van der Waals surface area contributed by atoms with Gasteiger partial charge in [-0.25, -0.2) is 9.97 Å². The lowest BCUT2D eigenvalue weighted by Crippen LogP contribution is -2.31. The lowest BCUT2D eigenvalue weighted by molar-refractivity contribution is 0.676. The zero-order chi connectivity index (χ0) is 13.8. The predicted octanol–water partition coefficient (Wildman–Crippen LogP) is 3.82. The lowest BCUT2D eigenvalue weighted by atomic mass is 10.2. The summed E-state index contributed by atoms with van der Waals surface area (Å²) in [5.74, 6) is 1.68. The maximum atomic E-state index is 6.04. The molecule has 0 spiro atoms. The van der Waals surface area contributed by atoms with Crippen LogP contribution in [0.15, 0.2) is 23.6 Å². The first kappa shape index (κ1) is 14.3. The molecule has 2 aromatic heterocycles. The van der Waals surface area contributed by atoms with Crippen molar-refractivity contribution < 1.29 is 0 Å². The van der Waals surface area contributed by atoms with Gasteiger partial charge in [0.2, 0.25) is 0 Å². The molecular formula is C14H18ClN3S. The molecule has 0 aliphatic carbocycles. The molecule has 0 radical (unpaired) electrons. The van der Waals surface area contributed by atoms with E-state index >= 15 is 0 Å². The molecule has 0 aliphatic rings. The summed E-state index contributed by atoms with van der Waals surface area (Å²) in [4.78, 5) is 12.3. The van der Waals surface area contributed by atoms with Crippen molar-refractivity contribution in [2.75, 3.05) is 11.9 Å². The van der Waals surface area contributed by atoms with E-state index in [9.17, 15) is 0 Å². The summed E-state index contributed by atoms with van der Waals surface area (Å²) in [6.07, 6.45) is 1.80. The molecular weight excluding hydrogens is 278 g/mol. The molecule has 0 fully saturated rings. The Hall–Kier alpha value is -1.13. The summed E-state index contributed by atoms with van der Waals surface area (Å²) in [5, 5.41) is 2.62. The van der Waals surface area contributed by atoms with Crippen LogP contribution in [0.3, 0.4) is 0 Å². The van der Waals surface area contributed by atoms with Gasteiger partial charge in [-0.2, -0.15) is 0 Å². The van der Waals surface area contributed by atoms with E-state index in [4.69, 9.17) is 11.6 Å². The highest BCUT2D eigenvalue weighted by Gasteiger charge is 2.14. The minimum Gasteiger partial charge on any atom is -0.356 e. The normalized spacial score (nSPS) is 12.4. The van der Waals surface area contributed by atoms with E-state index in [-0.39, 0.29) is 0 Å². The third-order valence-corrected chi connectivity index (χ3v) is 4.24. The molecule has 0 saturated carbocycles. The summed E-state index contributed by atoms with van der Waals surface area (Å²) in [6.45, 7) is 4.23. The maximum Gasteiger partial charge on any atom is 0.134 e. The van der Waals surface area contributed by atoms with Crippen LogP contribution in [0.5, 0.6) is 0 Å². The van der Waals surface area contributed by atoms with E-state index in [0.717, 1.165) is 24.5 Å². The highest BCUT2D eigenvalue weighted by Crippen LogP contribution is 2.20. The quantitative estimate of drug-likeness (QED) is 0.785. The molecule has 3 nitrogen and oxygen atoms in total. The average molecular weight is 296 g/mol. The van der Waals surface area contributed by atoms with Crippen LogP contribution in [0.2, 0.25) is 5.15 Å². The molecule has 102 valence electrons. The average Bonchev–Trinajstić information content (AvgIpc) is 2.89. The number of aryl methyl sites for hydroxylation is 1. The first-order valence-corrected chi connectivity index (χ1v) is 7.64. The lowest BCUT2D eigenvalue weighted by Gasteiger charge is -2.26. The van der Waals surface area contributed by atoms with Crippen LogP contribution in [-0.2, 0) is 12.8 Å². The molecule has 2 aromatic rings. The molecule has 5 heteroatoms. The van der Waals surface area contributed by atoms with Crippen LogP contribution >= 0.6 is 22.9 Å². The van der Waals surface area contributed by atoms with Gasteiger partial charge in [-0.3, -0.25) is 0 Å². The molecule has 1 unspecified atom stereocenters. The number of aromatic nitrogens is 2. The fourth-order valence-corrected chi connectivity index (χ4v) is 2.89. The van der Waals surface area contributed by atoms with E-state index in [1.165, 1.54) is 4.88 Å². The number of likely N-dealkylation sites (N-methyl/N-ethyl adjacent to an activating group) is 1. The Morgan fingerprint density at radius 2 is 2.21 bits per heavy atom. The Labute approximate surface area is 123 Å². The van der Waals surface area contributed by atoms with E-state index in [0.29, 0.717) is 11.2 Å². The fourth-order valence-electron chi connectivity index (χ4n) is 1.87. The van der Waals surface area contributed by atoms with Crippen molar-refractivity contribution in [3.05, 3.63) is 39.4 Å². The van der Waals surface area contributed by atoms with Gasteiger partial charge in [0.25, 0.3) is 0 Å². The molecule has 19 heavy (non-hydrogen) atoms. The number of rotatable bonds is 5. The number of thiophene rings is 1. The van der Waals surface area contributed by atoms with Crippen LogP contribution in [0, 0.1) is 0 Å². The largest absolute Gasteiger partial charge is 0.356 e. The van der Waals surface area contributed by atoms with Crippen molar-refractivity contribution in [2.45, 2.75) is 32.7 Å². The monoisotopic (exact) mass is 295 g/mol. The minimum atomic E-state index is 0.370. The zero-order valence-corrected chi connectivity index (χ0v) is 13.0. The van der Waals surface area contributed by atoms with Crippen molar-refractivity contribution in [1.82, 2.24) is 9.97 Å². The van der Waals surface area contributed by atoms with Gasteiger partial charge in [0, 0.05) is 36.9 Å². The molecule has 0 amide bonds. The smallest absolute Gasteiger partial charge is 0.134 e. The molecule has 0 aliphatic heterocycles. The molecule has 0 saturated heterocycles. The van der Waals surface area contributed by atoms with Crippen LogP contribution in [0.1, 0.15) is 24.5 Å². The minimum absolute atomic E-state index is 0.370. The second kappa shape index (κ2) is 6.35. The Bertz CT molecular complexity index is 527. The summed E-state index contributed by atoms with van der Waals surface area (Å²) in [7, 11) is 2.05. The molecule has 1 atom stereocenters. The maximum absolute atomic E-state index is 6.04. The SMILES string of the molecule is CCc1nc(Cl)cc(N(C)C(C)Cc2cccs2)n1. The van der Waals surface area contributed by atoms with Gasteiger partial charge in [0.15, 0.2) is 0 Å². The van der Waals surface area contributed by atoms with Crippen LogP contribution in [0.4, 0.5) is 5.82 Å².